The van der Waals surface area contributed by atoms with Crippen LogP contribution < -0.4 is 0 Å². The second-order valence-electron chi connectivity index (χ2n) is 10.2. The summed E-state index contributed by atoms with van der Waals surface area (Å²) < 4.78 is 1.79. The van der Waals surface area contributed by atoms with Crippen molar-refractivity contribution in [2.45, 2.75) is 52.0 Å². The van der Waals surface area contributed by atoms with Crippen molar-refractivity contribution in [2.75, 3.05) is 32.7 Å². The molecule has 1 aromatic heterocycles. The highest BCUT2D eigenvalue weighted by atomic mass is 16.2. The highest BCUT2D eigenvalue weighted by Crippen LogP contribution is 2.27. The second kappa shape index (κ2) is 9.84. The maximum atomic E-state index is 13.6. The van der Waals surface area contributed by atoms with Gasteiger partial charge >= 0.3 is 0 Å². The van der Waals surface area contributed by atoms with Crippen molar-refractivity contribution in [1.29, 1.82) is 0 Å². The topological polar surface area (TPSA) is 78.8 Å². The Kier molecular flexibility index (Phi) is 6.62. The zero-order valence-electron chi connectivity index (χ0n) is 20.8. The van der Waals surface area contributed by atoms with Crippen LogP contribution in [0.5, 0.6) is 0 Å². The van der Waals surface area contributed by atoms with Crippen LogP contribution in [-0.4, -0.2) is 74.9 Å². The number of hydrogen-bond acceptors (Lipinski definition) is 4. The van der Waals surface area contributed by atoms with Crippen molar-refractivity contribution in [1.82, 2.24) is 24.5 Å². The van der Waals surface area contributed by atoms with Crippen molar-refractivity contribution in [3.05, 3.63) is 52.3 Å². The summed E-state index contributed by atoms with van der Waals surface area (Å²) in [5.41, 5.74) is 4.48. The van der Waals surface area contributed by atoms with Crippen LogP contribution >= 0.6 is 0 Å². The van der Waals surface area contributed by atoms with E-state index in [0.717, 1.165) is 55.6 Å². The van der Waals surface area contributed by atoms with E-state index < -0.39 is 0 Å². The van der Waals surface area contributed by atoms with Gasteiger partial charge in [0.1, 0.15) is 0 Å². The molecule has 8 heteroatoms. The number of rotatable bonds is 4. The smallest absolute Gasteiger partial charge is 0.274 e. The van der Waals surface area contributed by atoms with Gasteiger partial charge in [-0.25, -0.2) is 0 Å². The molecule has 1 atom stereocenters. The maximum Gasteiger partial charge on any atom is 0.274 e. The molecule has 8 nitrogen and oxygen atoms in total. The van der Waals surface area contributed by atoms with E-state index in [-0.39, 0.29) is 23.6 Å². The van der Waals surface area contributed by atoms with Crippen molar-refractivity contribution in [3.63, 3.8) is 0 Å². The van der Waals surface area contributed by atoms with Crippen LogP contribution in [0.2, 0.25) is 0 Å². The third-order valence-electron chi connectivity index (χ3n) is 7.75. The van der Waals surface area contributed by atoms with Gasteiger partial charge in [0.15, 0.2) is 5.69 Å². The van der Waals surface area contributed by atoms with E-state index in [9.17, 15) is 14.4 Å². The summed E-state index contributed by atoms with van der Waals surface area (Å²) in [5.74, 6) is 0.0125. The van der Waals surface area contributed by atoms with Gasteiger partial charge in [0.05, 0.1) is 12.3 Å². The summed E-state index contributed by atoms with van der Waals surface area (Å²) in [6.45, 7) is 5.83. The molecular formula is C27H35N5O3. The molecule has 2 aromatic rings. The predicted octanol–water partition coefficient (Wildman–Crippen LogP) is 2.33. The average Bonchev–Trinajstić information content (AvgIpc) is 3.53. The van der Waals surface area contributed by atoms with Gasteiger partial charge < -0.3 is 14.7 Å². The molecule has 3 amide bonds. The lowest BCUT2D eigenvalue weighted by Crippen LogP contribution is -2.46. The van der Waals surface area contributed by atoms with Crippen LogP contribution in [0, 0.1) is 12.8 Å². The lowest BCUT2D eigenvalue weighted by atomic mass is 9.95. The number of hydrogen-bond donors (Lipinski definition) is 0. The van der Waals surface area contributed by atoms with Gasteiger partial charge in [-0.15, -0.1) is 0 Å². The molecule has 0 aliphatic carbocycles. The number of carbonyl (C=O) groups is 3. The normalized spacial score (nSPS) is 20.2. The number of aryl methyl sites for hydroxylation is 2. The number of carbonyl (C=O) groups excluding carboxylic acids is 3. The molecule has 5 rings (SSSR count). The first kappa shape index (κ1) is 23.6. The van der Waals surface area contributed by atoms with Gasteiger partial charge in [0.25, 0.3) is 5.91 Å². The Balaban J connectivity index is 1.29. The summed E-state index contributed by atoms with van der Waals surface area (Å²) in [4.78, 5) is 45.2. The number of aromatic nitrogens is 2. The predicted molar refractivity (Wildman–Crippen MR) is 132 cm³/mol. The van der Waals surface area contributed by atoms with E-state index in [1.54, 1.807) is 9.58 Å². The molecule has 3 aliphatic heterocycles. The van der Waals surface area contributed by atoms with Crippen molar-refractivity contribution >= 4 is 17.7 Å². The van der Waals surface area contributed by atoms with E-state index in [4.69, 9.17) is 0 Å². The number of amides is 3. The first-order valence-corrected chi connectivity index (χ1v) is 12.9. The second-order valence-corrected chi connectivity index (χ2v) is 10.2. The zero-order valence-corrected chi connectivity index (χ0v) is 20.8. The Hall–Kier alpha value is -3.16. The first-order chi connectivity index (χ1) is 16.9. The molecule has 0 saturated carbocycles. The molecular weight excluding hydrogens is 442 g/mol. The minimum Gasteiger partial charge on any atom is -0.342 e. The van der Waals surface area contributed by atoms with Crippen LogP contribution in [0.25, 0.3) is 0 Å². The molecule has 4 heterocycles. The number of fused-ring (bicyclic) bond motifs is 1. The summed E-state index contributed by atoms with van der Waals surface area (Å²) >= 11 is 0. The first-order valence-electron chi connectivity index (χ1n) is 12.9. The molecule has 0 bridgehead atoms. The standard InChI is InChI=1S/C27H35N5O3/c1-19-7-9-20(10-8-19)16-24(33)31-15-11-23-22(18-31)25(28-29(23)2)27(35)32-14-5-6-21(17-32)26(34)30-12-3-4-13-30/h7-10,21H,3-6,11-18H2,1-2H3. The molecule has 0 spiro atoms. The Morgan fingerprint density at radius 2 is 1.66 bits per heavy atom. The fraction of sp³-hybridized carbons (Fsp3) is 0.556. The summed E-state index contributed by atoms with van der Waals surface area (Å²) in [6, 6.07) is 8.04. The SMILES string of the molecule is Cc1ccc(CC(=O)N2CCc3c(c(C(=O)N4CCCC(C(=O)N5CCCC5)C4)nn3C)C2)cc1. The van der Waals surface area contributed by atoms with Gasteiger partial charge in [-0.1, -0.05) is 29.8 Å². The summed E-state index contributed by atoms with van der Waals surface area (Å²) in [7, 11) is 1.87. The fourth-order valence-corrected chi connectivity index (χ4v) is 5.68. The number of likely N-dealkylation sites (tertiary alicyclic amines) is 2. The molecule has 2 saturated heterocycles. The monoisotopic (exact) mass is 477 g/mol. The average molecular weight is 478 g/mol. The van der Waals surface area contributed by atoms with E-state index >= 15 is 0 Å². The third-order valence-corrected chi connectivity index (χ3v) is 7.75. The van der Waals surface area contributed by atoms with E-state index in [2.05, 4.69) is 5.10 Å². The lowest BCUT2D eigenvalue weighted by molar-refractivity contribution is -0.136. The molecule has 35 heavy (non-hydrogen) atoms. The summed E-state index contributed by atoms with van der Waals surface area (Å²) in [5, 5.41) is 4.59. The number of benzene rings is 1. The lowest BCUT2D eigenvalue weighted by Gasteiger charge is -2.34. The molecule has 1 aromatic carbocycles. The van der Waals surface area contributed by atoms with Crippen LogP contribution in [0.1, 0.15) is 58.6 Å². The molecule has 2 fully saturated rings. The van der Waals surface area contributed by atoms with Gasteiger partial charge in [-0.3, -0.25) is 19.1 Å². The van der Waals surface area contributed by atoms with Gasteiger partial charge in [-0.05, 0) is 38.2 Å². The molecule has 1 unspecified atom stereocenters. The van der Waals surface area contributed by atoms with Crippen molar-refractivity contribution in [2.24, 2.45) is 13.0 Å². The van der Waals surface area contributed by atoms with Crippen LogP contribution in [0.4, 0.5) is 0 Å². The molecule has 186 valence electrons. The Morgan fingerprint density at radius 1 is 0.943 bits per heavy atom. The van der Waals surface area contributed by atoms with E-state index in [1.807, 2.05) is 48.0 Å². The minimum atomic E-state index is -0.127. The fourth-order valence-electron chi connectivity index (χ4n) is 5.68. The quantitative estimate of drug-likeness (QED) is 0.677. The van der Waals surface area contributed by atoms with Crippen LogP contribution in [0.3, 0.4) is 0 Å². The Labute approximate surface area is 206 Å². The molecule has 0 N–H and O–H groups in total. The highest BCUT2D eigenvalue weighted by molar-refractivity contribution is 5.95. The number of piperidine rings is 1. The maximum absolute atomic E-state index is 13.6. The Bertz CT molecular complexity index is 1120. The molecule has 3 aliphatic rings. The van der Waals surface area contributed by atoms with Gasteiger partial charge in [0.2, 0.25) is 11.8 Å². The number of nitrogens with zero attached hydrogens (tertiary/aromatic N) is 5. The van der Waals surface area contributed by atoms with Crippen LogP contribution in [0.15, 0.2) is 24.3 Å². The van der Waals surface area contributed by atoms with E-state index in [1.165, 1.54) is 5.56 Å². The highest BCUT2D eigenvalue weighted by Gasteiger charge is 2.36. The van der Waals surface area contributed by atoms with Crippen LogP contribution in [-0.2, 0) is 36.0 Å². The minimum absolute atomic E-state index is 0.0657. The third kappa shape index (κ3) is 4.83. The molecule has 0 radical (unpaired) electrons. The summed E-state index contributed by atoms with van der Waals surface area (Å²) in [6.07, 6.45) is 4.83. The van der Waals surface area contributed by atoms with E-state index in [0.29, 0.717) is 44.7 Å². The Morgan fingerprint density at radius 3 is 2.40 bits per heavy atom. The van der Waals surface area contributed by atoms with Gasteiger partial charge in [-0.2, -0.15) is 5.10 Å². The van der Waals surface area contributed by atoms with Crippen molar-refractivity contribution < 1.29 is 14.4 Å². The largest absolute Gasteiger partial charge is 0.342 e. The van der Waals surface area contributed by atoms with Gasteiger partial charge in [0, 0.05) is 64.0 Å². The van der Waals surface area contributed by atoms with Crippen molar-refractivity contribution in [3.8, 4) is 0 Å². The zero-order chi connectivity index (χ0) is 24.5.